The zero-order valence-electron chi connectivity index (χ0n) is 6.53. The van der Waals surface area contributed by atoms with E-state index in [1.165, 1.54) is 0 Å². The number of aliphatic carboxylic acids is 1. The SMILES string of the molecule is C[C@H]1[C@H](C(=O)O)[C@@H]2C=C[C@H]1C2. The van der Waals surface area contributed by atoms with Crippen molar-refractivity contribution in [1.29, 1.82) is 0 Å². The van der Waals surface area contributed by atoms with Crippen LogP contribution in [0, 0.1) is 23.7 Å². The predicted molar refractivity (Wildman–Crippen MR) is 41.0 cm³/mol. The highest BCUT2D eigenvalue weighted by Gasteiger charge is 2.45. The van der Waals surface area contributed by atoms with Gasteiger partial charge in [0.25, 0.3) is 0 Å². The molecule has 11 heavy (non-hydrogen) atoms. The Bertz CT molecular complexity index is 220. The van der Waals surface area contributed by atoms with Gasteiger partial charge in [0.2, 0.25) is 0 Å². The molecule has 0 spiro atoms. The Morgan fingerprint density at radius 3 is 2.45 bits per heavy atom. The molecule has 2 bridgehead atoms. The van der Waals surface area contributed by atoms with Crippen LogP contribution in [0.4, 0.5) is 0 Å². The molecule has 0 aromatic rings. The first-order valence-corrected chi connectivity index (χ1v) is 4.11. The molecular weight excluding hydrogens is 140 g/mol. The third-order valence-electron chi connectivity index (χ3n) is 3.14. The van der Waals surface area contributed by atoms with Gasteiger partial charge in [0.05, 0.1) is 5.92 Å². The van der Waals surface area contributed by atoms with Crippen molar-refractivity contribution in [1.82, 2.24) is 0 Å². The maximum Gasteiger partial charge on any atom is 0.307 e. The normalized spacial score (nSPS) is 46.6. The molecule has 2 rings (SSSR count). The van der Waals surface area contributed by atoms with Crippen LogP contribution in [0.25, 0.3) is 0 Å². The smallest absolute Gasteiger partial charge is 0.307 e. The van der Waals surface area contributed by atoms with Crippen molar-refractivity contribution in [2.24, 2.45) is 23.7 Å². The van der Waals surface area contributed by atoms with E-state index in [1.54, 1.807) is 0 Å². The van der Waals surface area contributed by atoms with Crippen LogP contribution in [0.3, 0.4) is 0 Å². The maximum atomic E-state index is 10.8. The van der Waals surface area contributed by atoms with Gasteiger partial charge < -0.3 is 5.11 Å². The fourth-order valence-electron chi connectivity index (χ4n) is 2.48. The standard InChI is InChI=1S/C9H12O2/c1-5-6-2-3-7(4-6)8(5)9(10)11/h2-3,5-8H,4H2,1H3,(H,10,11)/t5-,6+,7-,8+/m1/s1. The minimum Gasteiger partial charge on any atom is -0.481 e. The zero-order chi connectivity index (χ0) is 8.01. The molecule has 0 unspecified atom stereocenters. The molecule has 1 saturated carbocycles. The topological polar surface area (TPSA) is 37.3 Å². The van der Waals surface area contributed by atoms with Crippen LogP contribution in [0.1, 0.15) is 13.3 Å². The number of carbonyl (C=O) groups is 1. The van der Waals surface area contributed by atoms with Crippen molar-refractivity contribution >= 4 is 5.97 Å². The molecule has 1 fully saturated rings. The van der Waals surface area contributed by atoms with Gasteiger partial charge in [-0.25, -0.2) is 0 Å². The second kappa shape index (κ2) is 2.10. The highest BCUT2D eigenvalue weighted by molar-refractivity contribution is 5.72. The van der Waals surface area contributed by atoms with Gasteiger partial charge >= 0.3 is 5.97 Å². The molecule has 2 heteroatoms. The summed E-state index contributed by atoms with van der Waals surface area (Å²) in [5, 5.41) is 8.87. The van der Waals surface area contributed by atoms with E-state index in [0.29, 0.717) is 17.8 Å². The minimum absolute atomic E-state index is 0.106. The summed E-state index contributed by atoms with van der Waals surface area (Å²) in [4.78, 5) is 10.8. The highest BCUT2D eigenvalue weighted by atomic mass is 16.4. The van der Waals surface area contributed by atoms with Crippen LogP contribution >= 0.6 is 0 Å². The van der Waals surface area contributed by atoms with Gasteiger partial charge in [0, 0.05) is 0 Å². The molecule has 4 atom stereocenters. The average molecular weight is 152 g/mol. The third kappa shape index (κ3) is 0.817. The molecule has 0 saturated heterocycles. The summed E-state index contributed by atoms with van der Waals surface area (Å²) in [6.07, 6.45) is 5.32. The summed E-state index contributed by atoms with van der Waals surface area (Å²) in [7, 11) is 0. The lowest BCUT2D eigenvalue weighted by Gasteiger charge is -2.19. The van der Waals surface area contributed by atoms with Gasteiger partial charge in [-0.1, -0.05) is 19.1 Å². The Kier molecular flexibility index (Phi) is 1.31. The number of carboxylic acids is 1. The highest BCUT2D eigenvalue weighted by Crippen LogP contribution is 2.47. The third-order valence-corrected chi connectivity index (χ3v) is 3.14. The fraction of sp³-hybridized carbons (Fsp3) is 0.667. The largest absolute Gasteiger partial charge is 0.481 e. The van der Waals surface area contributed by atoms with Crippen molar-refractivity contribution in [2.75, 3.05) is 0 Å². The molecule has 0 heterocycles. The number of hydrogen-bond donors (Lipinski definition) is 1. The van der Waals surface area contributed by atoms with Crippen molar-refractivity contribution in [3.63, 3.8) is 0 Å². The summed E-state index contributed by atoms with van der Waals surface area (Å²) < 4.78 is 0. The lowest BCUT2D eigenvalue weighted by Crippen LogP contribution is -2.25. The summed E-state index contributed by atoms with van der Waals surface area (Å²) in [6.45, 7) is 2.05. The number of allylic oxidation sites excluding steroid dienone is 2. The lowest BCUT2D eigenvalue weighted by atomic mass is 9.85. The molecule has 60 valence electrons. The molecule has 0 radical (unpaired) electrons. The van der Waals surface area contributed by atoms with Crippen molar-refractivity contribution < 1.29 is 9.90 Å². The van der Waals surface area contributed by atoms with E-state index < -0.39 is 5.97 Å². The molecule has 2 nitrogen and oxygen atoms in total. The van der Waals surface area contributed by atoms with Crippen molar-refractivity contribution in [2.45, 2.75) is 13.3 Å². The Morgan fingerprint density at radius 1 is 1.45 bits per heavy atom. The number of rotatable bonds is 1. The number of fused-ring (bicyclic) bond motifs is 2. The van der Waals surface area contributed by atoms with Crippen molar-refractivity contribution in [3.8, 4) is 0 Å². The van der Waals surface area contributed by atoms with Crippen LogP contribution in [-0.4, -0.2) is 11.1 Å². The molecule has 1 N–H and O–H groups in total. The minimum atomic E-state index is -0.616. The van der Waals surface area contributed by atoms with Crippen LogP contribution in [0.5, 0.6) is 0 Å². The fourth-order valence-corrected chi connectivity index (χ4v) is 2.48. The summed E-state index contributed by atoms with van der Waals surface area (Å²) in [5.74, 6) is 0.496. The van der Waals surface area contributed by atoms with E-state index in [4.69, 9.17) is 5.11 Å². The van der Waals surface area contributed by atoms with E-state index in [2.05, 4.69) is 12.2 Å². The van der Waals surface area contributed by atoms with Gasteiger partial charge in [0.1, 0.15) is 0 Å². The van der Waals surface area contributed by atoms with Crippen molar-refractivity contribution in [3.05, 3.63) is 12.2 Å². The Morgan fingerprint density at radius 2 is 2.09 bits per heavy atom. The first kappa shape index (κ1) is 6.89. The van der Waals surface area contributed by atoms with Gasteiger partial charge in [-0.3, -0.25) is 4.79 Å². The Balaban J connectivity index is 2.25. The molecule has 0 aromatic carbocycles. The second-order valence-electron chi connectivity index (χ2n) is 3.67. The number of hydrogen-bond acceptors (Lipinski definition) is 1. The predicted octanol–water partition coefficient (Wildman–Crippen LogP) is 1.53. The van der Waals surface area contributed by atoms with Crippen LogP contribution in [-0.2, 0) is 4.79 Å². The van der Waals surface area contributed by atoms with E-state index in [1.807, 2.05) is 6.92 Å². The Labute approximate surface area is 65.9 Å². The number of carboxylic acid groups (broad SMARTS) is 1. The molecule has 0 aliphatic heterocycles. The van der Waals surface area contributed by atoms with Gasteiger partial charge in [-0.2, -0.15) is 0 Å². The monoisotopic (exact) mass is 152 g/mol. The first-order valence-electron chi connectivity index (χ1n) is 4.11. The molecule has 2 aliphatic rings. The van der Waals surface area contributed by atoms with E-state index in [0.717, 1.165) is 6.42 Å². The van der Waals surface area contributed by atoms with Gasteiger partial charge in [0.15, 0.2) is 0 Å². The van der Waals surface area contributed by atoms with Crippen LogP contribution in [0.2, 0.25) is 0 Å². The van der Waals surface area contributed by atoms with E-state index >= 15 is 0 Å². The second-order valence-corrected chi connectivity index (χ2v) is 3.67. The average Bonchev–Trinajstić information content (AvgIpc) is 2.44. The summed E-state index contributed by atoms with van der Waals surface area (Å²) in [6, 6.07) is 0. The molecular formula is C9H12O2. The van der Waals surface area contributed by atoms with Crippen LogP contribution < -0.4 is 0 Å². The zero-order valence-corrected chi connectivity index (χ0v) is 6.53. The van der Waals surface area contributed by atoms with Crippen LogP contribution in [0.15, 0.2) is 12.2 Å². The molecule has 0 aromatic heterocycles. The first-order chi connectivity index (χ1) is 5.20. The Hall–Kier alpha value is -0.790. The van der Waals surface area contributed by atoms with Gasteiger partial charge in [-0.15, -0.1) is 0 Å². The quantitative estimate of drug-likeness (QED) is 0.578. The summed E-state index contributed by atoms with van der Waals surface area (Å²) >= 11 is 0. The summed E-state index contributed by atoms with van der Waals surface area (Å²) in [5.41, 5.74) is 0. The van der Waals surface area contributed by atoms with E-state index in [9.17, 15) is 4.79 Å². The van der Waals surface area contributed by atoms with Gasteiger partial charge in [-0.05, 0) is 24.2 Å². The molecule has 2 aliphatic carbocycles. The van der Waals surface area contributed by atoms with E-state index in [-0.39, 0.29) is 5.92 Å². The maximum absolute atomic E-state index is 10.8. The lowest BCUT2D eigenvalue weighted by molar-refractivity contribution is -0.144. The molecule has 0 amide bonds.